The number of rotatable bonds is 3. The summed E-state index contributed by atoms with van der Waals surface area (Å²) in [6.45, 7) is 6.19. The van der Waals surface area contributed by atoms with Crippen molar-refractivity contribution in [1.29, 1.82) is 5.26 Å². The Hall–Kier alpha value is -2.47. The second-order valence-electron chi connectivity index (χ2n) is 6.00. The average Bonchev–Trinajstić information content (AvgIpc) is 2.48. The van der Waals surface area contributed by atoms with E-state index in [-0.39, 0.29) is 11.2 Å². The Balaban J connectivity index is 2.48. The van der Waals surface area contributed by atoms with Crippen molar-refractivity contribution in [3.63, 3.8) is 0 Å². The van der Waals surface area contributed by atoms with Crippen LogP contribution in [0.2, 0.25) is 0 Å². The van der Waals surface area contributed by atoms with Crippen LogP contribution in [0, 0.1) is 11.3 Å². The Morgan fingerprint density at radius 3 is 2.33 bits per heavy atom. The van der Waals surface area contributed by atoms with Gasteiger partial charge in [0.15, 0.2) is 5.78 Å². The van der Waals surface area contributed by atoms with Crippen LogP contribution in [0.15, 0.2) is 48.8 Å². The standard InChI is InChI=1S/C18H18N2O/c1-18(2,3)16-7-5-4-6-14(16)17(21)15(12-19)13-8-10-20-11-9-13/h4-11,15H,1-3H3. The normalized spacial score (nSPS) is 12.5. The molecule has 0 radical (unpaired) electrons. The van der Waals surface area contributed by atoms with Gasteiger partial charge in [0.25, 0.3) is 0 Å². The Kier molecular flexibility index (Phi) is 4.18. The van der Waals surface area contributed by atoms with E-state index in [1.807, 2.05) is 18.2 Å². The molecular weight excluding hydrogens is 260 g/mol. The van der Waals surface area contributed by atoms with Crippen molar-refractivity contribution in [2.45, 2.75) is 32.1 Å². The van der Waals surface area contributed by atoms with Crippen LogP contribution in [-0.2, 0) is 5.41 Å². The van der Waals surface area contributed by atoms with Crippen LogP contribution < -0.4 is 0 Å². The van der Waals surface area contributed by atoms with Gasteiger partial charge in [-0.25, -0.2) is 0 Å². The molecule has 1 aromatic heterocycles. The first-order valence-electron chi connectivity index (χ1n) is 6.88. The van der Waals surface area contributed by atoms with Gasteiger partial charge in [0, 0.05) is 18.0 Å². The molecule has 21 heavy (non-hydrogen) atoms. The molecule has 1 heterocycles. The summed E-state index contributed by atoms with van der Waals surface area (Å²) in [6, 6.07) is 13.1. The van der Waals surface area contributed by atoms with Crippen molar-refractivity contribution < 1.29 is 4.79 Å². The minimum atomic E-state index is -0.795. The van der Waals surface area contributed by atoms with Crippen molar-refractivity contribution >= 4 is 5.78 Å². The SMILES string of the molecule is CC(C)(C)c1ccccc1C(=O)C(C#N)c1ccncc1. The van der Waals surface area contributed by atoms with Crippen molar-refractivity contribution in [2.75, 3.05) is 0 Å². The third-order valence-corrected chi connectivity index (χ3v) is 3.43. The maximum atomic E-state index is 12.8. The highest BCUT2D eigenvalue weighted by Crippen LogP contribution is 2.29. The van der Waals surface area contributed by atoms with Gasteiger partial charge < -0.3 is 0 Å². The van der Waals surface area contributed by atoms with E-state index in [1.54, 1.807) is 30.6 Å². The molecule has 0 fully saturated rings. The van der Waals surface area contributed by atoms with Crippen LogP contribution in [0.5, 0.6) is 0 Å². The molecule has 1 atom stereocenters. The summed E-state index contributed by atoms with van der Waals surface area (Å²) in [5, 5.41) is 9.41. The predicted molar refractivity (Wildman–Crippen MR) is 82.1 cm³/mol. The third kappa shape index (κ3) is 3.17. The van der Waals surface area contributed by atoms with E-state index in [0.717, 1.165) is 5.56 Å². The maximum Gasteiger partial charge on any atom is 0.184 e. The van der Waals surface area contributed by atoms with Gasteiger partial charge in [-0.15, -0.1) is 0 Å². The van der Waals surface area contributed by atoms with E-state index in [2.05, 4.69) is 31.8 Å². The van der Waals surface area contributed by atoms with E-state index in [9.17, 15) is 10.1 Å². The Bertz CT molecular complexity index is 678. The van der Waals surface area contributed by atoms with Gasteiger partial charge in [-0.2, -0.15) is 5.26 Å². The van der Waals surface area contributed by atoms with E-state index < -0.39 is 5.92 Å². The lowest BCUT2D eigenvalue weighted by Gasteiger charge is -2.23. The lowest BCUT2D eigenvalue weighted by atomic mass is 9.80. The molecule has 2 aromatic rings. The van der Waals surface area contributed by atoms with Crippen LogP contribution in [0.3, 0.4) is 0 Å². The summed E-state index contributed by atoms with van der Waals surface area (Å²) in [4.78, 5) is 16.7. The first-order chi connectivity index (χ1) is 9.95. The Morgan fingerprint density at radius 1 is 1.14 bits per heavy atom. The number of hydrogen-bond donors (Lipinski definition) is 0. The highest BCUT2D eigenvalue weighted by Gasteiger charge is 2.27. The number of benzene rings is 1. The van der Waals surface area contributed by atoms with Gasteiger partial charge in [0.2, 0.25) is 0 Å². The average molecular weight is 278 g/mol. The number of carbonyl (C=O) groups is 1. The number of nitriles is 1. The maximum absolute atomic E-state index is 12.8. The third-order valence-electron chi connectivity index (χ3n) is 3.43. The zero-order valence-corrected chi connectivity index (χ0v) is 12.5. The predicted octanol–water partition coefficient (Wildman–Crippen LogP) is 3.87. The molecule has 0 aliphatic heterocycles. The molecule has 0 aliphatic rings. The summed E-state index contributed by atoms with van der Waals surface area (Å²) in [5.74, 6) is -0.953. The zero-order chi connectivity index (χ0) is 15.5. The quantitative estimate of drug-likeness (QED) is 0.801. The summed E-state index contributed by atoms with van der Waals surface area (Å²) >= 11 is 0. The number of pyridine rings is 1. The highest BCUT2D eigenvalue weighted by atomic mass is 16.1. The first-order valence-corrected chi connectivity index (χ1v) is 6.88. The minimum Gasteiger partial charge on any atom is -0.292 e. The van der Waals surface area contributed by atoms with Crippen LogP contribution in [-0.4, -0.2) is 10.8 Å². The van der Waals surface area contributed by atoms with Gasteiger partial charge >= 0.3 is 0 Å². The molecule has 0 amide bonds. The molecule has 1 unspecified atom stereocenters. The monoisotopic (exact) mass is 278 g/mol. The summed E-state index contributed by atoms with van der Waals surface area (Å²) in [5.41, 5.74) is 2.11. The number of ketones is 1. The summed E-state index contributed by atoms with van der Waals surface area (Å²) in [6.07, 6.45) is 3.20. The fraction of sp³-hybridized carbons (Fsp3) is 0.278. The molecule has 2 rings (SSSR count). The zero-order valence-electron chi connectivity index (χ0n) is 12.5. The molecule has 0 bridgehead atoms. The molecule has 0 spiro atoms. The van der Waals surface area contributed by atoms with Crippen LogP contribution in [0.25, 0.3) is 0 Å². The number of Topliss-reactive ketones (excluding diaryl/α,β-unsaturated/α-hetero) is 1. The van der Waals surface area contributed by atoms with Crippen molar-refractivity contribution in [1.82, 2.24) is 4.98 Å². The van der Waals surface area contributed by atoms with Gasteiger partial charge in [0.1, 0.15) is 5.92 Å². The van der Waals surface area contributed by atoms with Crippen molar-refractivity contribution in [3.8, 4) is 6.07 Å². The Morgan fingerprint density at radius 2 is 1.76 bits per heavy atom. The Labute approximate surface area is 125 Å². The molecule has 0 saturated carbocycles. The molecule has 3 heteroatoms. The van der Waals surface area contributed by atoms with Gasteiger partial charge in [-0.3, -0.25) is 9.78 Å². The smallest absolute Gasteiger partial charge is 0.184 e. The van der Waals surface area contributed by atoms with Crippen molar-refractivity contribution in [3.05, 3.63) is 65.5 Å². The first kappa shape index (κ1) is 14.9. The number of aromatic nitrogens is 1. The summed E-state index contributed by atoms with van der Waals surface area (Å²) < 4.78 is 0. The molecule has 0 saturated heterocycles. The topological polar surface area (TPSA) is 53.8 Å². The second-order valence-corrected chi connectivity index (χ2v) is 6.00. The molecule has 3 nitrogen and oxygen atoms in total. The van der Waals surface area contributed by atoms with Gasteiger partial charge in [-0.05, 0) is 28.7 Å². The van der Waals surface area contributed by atoms with E-state index in [4.69, 9.17) is 0 Å². The van der Waals surface area contributed by atoms with E-state index in [1.165, 1.54) is 0 Å². The molecule has 1 aromatic carbocycles. The van der Waals surface area contributed by atoms with Crippen LogP contribution in [0.4, 0.5) is 0 Å². The van der Waals surface area contributed by atoms with E-state index >= 15 is 0 Å². The molecule has 0 aliphatic carbocycles. The highest BCUT2D eigenvalue weighted by molar-refractivity contribution is 6.04. The fourth-order valence-electron chi connectivity index (χ4n) is 2.35. The molecular formula is C18H18N2O. The largest absolute Gasteiger partial charge is 0.292 e. The number of nitrogens with zero attached hydrogens (tertiary/aromatic N) is 2. The van der Waals surface area contributed by atoms with Crippen LogP contribution >= 0.6 is 0 Å². The van der Waals surface area contributed by atoms with Gasteiger partial charge in [-0.1, -0.05) is 45.0 Å². The second kappa shape index (κ2) is 5.88. The minimum absolute atomic E-state index is 0.148. The summed E-state index contributed by atoms with van der Waals surface area (Å²) in [7, 11) is 0. The lowest BCUT2D eigenvalue weighted by Crippen LogP contribution is -2.20. The molecule has 106 valence electrons. The van der Waals surface area contributed by atoms with E-state index in [0.29, 0.717) is 11.1 Å². The van der Waals surface area contributed by atoms with Crippen LogP contribution in [0.1, 0.15) is 48.2 Å². The fourth-order valence-corrected chi connectivity index (χ4v) is 2.35. The van der Waals surface area contributed by atoms with Crippen molar-refractivity contribution in [2.24, 2.45) is 0 Å². The number of hydrogen-bond acceptors (Lipinski definition) is 3. The van der Waals surface area contributed by atoms with Gasteiger partial charge in [0.05, 0.1) is 6.07 Å². The number of carbonyl (C=O) groups excluding carboxylic acids is 1. The molecule has 0 N–H and O–H groups in total. The lowest BCUT2D eigenvalue weighted by molar-refractivity contribution is 0.0976.